The average molecular weight is 739 g/mol. The van der Waals surface area contributed by atoms with Crippen LogP contribution >= 0.6 is 0 Å². The Morgan fingerprint density at radius 1 is 0.698 bits per heavy atom. The first-order chi connectivity index (χ1) is 24.2. The van der Waals surface area contributed by atoms with Crippen molar-refractivity contribution in [3.63, 3.8) is 0 Å². The number of carbonyl (C=O) groups is 6. The van der Waals surface area contributed by atoms with Crippen molar-refractivity contribution in [1.29, 1.82) is 0 Å². The molecule has 4 rings (SSSR count). The van der Waals surface area contributed by atoms with Gasteiger partial charge in [0.15, 0.2) is 0 Å². The second-order valence-electron chi connectivity index (χ2n) is 17.1. The molecule has 2 aliphatic heterocycles. The minimum Gasteiger partial charge on any atom is -0.444 e. The molecule has 53 heavy (non-hydrogen) atoms. The number of fused-ring (bicyclic) bond motifs is 2. The fraction of sp³-hybridized carbons (Fsp3) is 0.550. The monoisotopic (exact) mass is 738 g/mol. The molecule has 0 aliphatic carbocycles. The summed E-state index contributed by atoms with van der Waals surface area (Å²) in [5.74, 6) is -1.59. The van der Waals surface area contributed by atoms with E-state index in [9.17, 15) is 28.8 Å². The van der Waals surface area contributed by atoms with Crippen LogP contribution in [0, 0.1) is 10.8 Å². The number of benzene rings is 2. The van der Waals surface area contributed by atoms with Crippen molar-refractivity contribution in [2.45, 2.75) is 119 Å². The van der Waals surface area contributed by atoms with Gasteiger partial charge in [-0.1, -0.05) is 77.9 Å². The smallest absolute Gasteiger partial charge is 0.407 e. The standard InChI is InChI=1S/C20H28N2O4.C11H24N2O2.C9H6O3/c1-19(2,3)15(21-18(25)26-20(4,5)6)12-22-16(23)11-13-9-7-8-10-14(13)17(22)24;1-10(2,3)8(7-12)13-9(14)15-11(4,5)6;10-8-5-6-3-1-2-4-7(6)9(11)12-8/h7-10,15H,11-12H2,1-6H3,(H,21,25);8H,7,12H2,1-6H3,(H,13,14);1-4H,5H2/t15-;8-;/m11./s1. The van der Waals surface area contributed by atoms with E-state index in [1.54, 1.807) is 63.2 Å². The van der Waals surface area contributed by atoms with Gasteiger partial charge in [-0.25, -0.2) is 14.4 Å². The molecule has 2 atom stereocenters. The molecule has 292 valence electrons. The van der Waals surface area contributed by atoms with Crippen molar-refractivity contribution in [1.82, 2.24) is 15.5 Å². The number of nitrogens with zero attached hydrogens (tertiary/aromatic N) is 1. The lowest BCUT2D eigenvalue weighted by Gasteiger charge is -2.37. The normalized spacial score (nSPS) is 15.5. The highest BCUT2D eigenvalue weighted by atomic mass is 16.6. The van der Waals surface area contributed by atoms with Crippen LogP contribution in [0.5, 0.6) is 0 Å². The first kappa shape index (κ1) is 44.4. The summed E-state index contributed by atoms with van der Waals surface area (Å²) in [4.78, 5) is 72.0. The van der Waals surface area contributed by atoms with Crippen LogP contribution in [0.4, 0.5) is 9.59 Å². The van der Waals surface area contributed by atoms with Gasteiger partial charge in [0.05, 0.1) is 24.4 Å². The predicted molar refractivity (Wildman–Crippen MR) is 201 cm³/mol. The number of carbonyl (C=O) groups excluding carboxylic acids is 6. The van der Waals surface area contributed by atoms with Gasteiger partial charge >= 0.3 is 24.1 Å². The largest absolute Gasteiger partial charge is 0.444 e. The Bertz CT molecular complexity index is 1640. The van der Waals surface area contributed by atoms with Crippen LogP contribution < -0.4 is 16.4 Å². The first-order valence-corrected chi connectivity index (χ1v) is 17.7. The molecule has 0 aromatic heterocycles. The first-order valence-electron chi connectivity index (χ1n) is 17.7. The number of esters is 2. The Morgan fingerprint density at radius 2 is 1.13 bits per heavy atom. The van der Waals surface area contributed by atoms with Crippen LogP contribution in [0.3, 0.4) is 0 Å². The number of ether oxygens (including phenoxy) is 3. The van der Waals surface area contributed by atoms with Crippen molar-refractivity contribution in [2.24, 2.45) is 16.6 Å². The summed E-state index contributed by atoms with van der Waals surface area (Å²) in [6, 6.07) is 13.6. The van der Waals surface area contributed by atoms with E-state index < -0.39 is 41.4 Å². The minimum atomic E-state index is -0.623. The van der Waals surface area contributed by atoms with Gasteiger partial charge in [0.25, 0.3) is 5.91 Å². The number of hydrogen-bond acceptors (Lipinski definition) is 10. The molecule has 0 radical (unpaired) electrons. The number of imide groups is 1. The molecule has 2 heterocycles. The van der Waals surface area contributed by atoms with E-state index in [1.807, 2.05) is 68.4 Å². The molecule has 0 saturated heterocycles. The van der Waals surface area contributed by atoms with Crippen LogP contribution in [-0.4, -0.2) is 77.2 Å². The third-order valence-electron chi connectivity index (χ3n) is 7.99. The van der Waals surface area contributed by atoms with Gasteiger partial charge in [-0.15, -0.1) is 0 Å². The van der Waals surface area contributed by atoms with E-state index in [2.05, 4.69) is 15.4 Å². The van der Waals surface area contributed by atoms with Crippen LogP contribution in [0.15, 0.2) is 48.5 Å². The second-order valence-corrected chi connectivity index (χ2v) is 17.1. The molecule has 2 aromatic rings. The van der Waals surface area contributed by atoms with E-state index in [0.717, 1.165) is 11.1 Å². The molecule has 4 amide bonds. The molecule has 0 saturated carbocycles. The molecular formula is C40H58N4O9. The lowest BCUT2D eigenvalue weighted by atomic mass is 9.85. The van der Waals surface area contributed by atoms with E-state index >= 15 is 0 Å². The Balaban J connectivity index is 0.000000303. The molecule has 13 nitrogen and oxygen atoms in total. The van der Waals surface area contributed by atoms with Gasteiger partial charge in [0, 0.05) is 24.7 Å². The lowest BCUT2D eigenvalue weighted by Crippen LogP contribution is -2.55. The zero-order valence-corrected chi connectivity index (χ0v) is 33.3. The van der Waals surface area contributed by atoms with Gasteiger partial charge in [-0.2, -0.15) is 0 Å². The summed E-state index contributed by atoms with van der Waals surface area (Å²) >= 11 is 0. The maximum Gasteiger partial charge on any atom is 0.407 e. The highest BCUT2D eigenvalue weighted by Gasteiger charge is 2.37. The average Bonchev–Trinajstić information content (AvgIpc) is 2.99. The lowest BCUT2D eigenvalue weighted by molar-refractivity contribution is -0.138. The summed E-state index contributed by atoms with van der Waals surface area (Å²) in [5.41, 5.74) is 6.60. The number of alkyl carbamates (subject to hydrolysis) is 2. The summed E-state index contributed by atoms with van der Waals surface area (Å²) in [6.07, 6.45) is -0.588. The Labute approximate surface area is 313 Å². The van der Waals surface area contributed by atoms with Gasteiger partial charge < -0.3 is 30.6 Å². The Kier molecular flexibility index (Phi) is 14.9. The summed E-state index contributed by atoms with van der Waals surface area (Å²) in [7, 11) is 0. The number of cyclic esters (lactones) is 2. The highest BCUT2D eigenvalue weighted by molar-refractivity contribution is 6.09. The van der Waals surface area contributed by atoms with E-state index in [-0.39, 0.29) is 48.1 Å². The highest BCUT2D eigenvalue weighted by Crippen LogP contribution is 2.25. The van der Waals surface area contributed by atoms with Crippen molar-refractivity contribution in [3.05, 3.63) is 70.8 Å². The van der Waals surface area contributed by atoms with Crippen molar-refractivity contribution < 1.29 is 43.0 Å². The number of nitrogens with two attached hydrogens (primary N) is 1. The van der Waals surface area contributed by atoms with Gasteiger partial charge in [0.1, 0.15) is 11.2 Å². The Hall–Kier alpha value is -4.78. The summed E-state index contributed by atoms with van der Waals surface area (Å²) < 4.78 is 14.9. The van der Waals surface area contributed by atoms with Crippen molar-refractivity contribution in [3.8, 4) is 0 Å². The van der Waals surface area contributed by atoms with Gasteiger partial charge in [-0.05, 0) is 75.6 Å². The fourth-order valence-corrected chi connectivity index (χ4v) is 5.06. The third kappa shape index (κ3) is 14.6. The molecule has 0 fully saturated rings. The van der Waals surface area contributed by atoms with Crippen LogP contribution in [0.2, 0.25) is 0 Å². The summed E-state index contributed by atoms with van der Waals surface area (Å²) in [6.45, 7) is 23.3. The van der Waals surface area contributed by atoms with Crippen molar-refractivity contribution >= 4 is 35.9 Å². The molecule has 0 bridgehead atoms. The maximum absolute atomic E-state index is 12.8. The second kappa shape index (κ2) is 17.8. The fourth-order valence-electron chi connectivity index (χ4n) is 5.06. The van der Waals surface area contributed by atoms with Crippen LogP contribution in [0.25, 0.3) is 0 Å². The van der Waals surface area contributed by atoms with E-state index in [1.165, 1.54) is 4.90 Å². The minimum absolute atomic E-state index is 0.0638. The number of nitrogens with one attached hydrogen (secondary N) is 2. The topological polar surface area (TPSA) is 183 Å². The number of hydrogen-bond donors (Lipinski definition) is 3. The number of amides is 4. The molecule has 2 aliphatic rings. The molecule has 2 aromatic carbocycles. The van der Waals surface area contributed by atoms with Crippen LogP contribution in [0.1, 0.15) is 115 Å². The Morgan fingerprint density at radius 3 is 1.58 bits per heavy atom. The van der Waals surface area contributed by atoms with E-state index in [0.29, 0.717) is 17.7 Å². The molecule has 4 N–H and O–H groups in total. The molecular weight excluding hydrogens is 680 g/mol. The number of rotatable bonds is 5. The zero-order chi connectivity index (χ0) is 40.5. The third-order valence-corrected chi connectivity index (χ3v) is 7.99. The molecule has 0 unspecified atom stereocenters. The quantitative estimate of drug-likeness (QED) is 0.143. The summed E-state index contributed by atoms with van der Waals surface area (Å²) in [5, 5.41) is 5.60. The molecule has 0 spiro atoms. The van der Waals surface area contributed by atoms with E-state index in [4.69, 9.17) is 15.2 Å². The zero-order valence-electron chi connectivity index (χ0n) is 33.3. The predicted octanol–water partition coefficient (Wildman–Crippen LogP) is 5.96. The maximum atomic E-state index is 12.8. The van der Waals surface area contributed by atoms with Crippen molar-refractivity contribution in [2.75, 3.05) is 13.1 Å². The SMILES string of the molecule is CC(C)(C)OC(=O)N[C@H](CN)C(C)(C)C.CC(C)(C)OC(=O)N[C@H](CN1C(=O)Cc2ccccc2C1=O)C(C)(C)C.O=C1Cc2ccccc2C(=O)O1. The molecule has 13 heteroatoms. The van der Waals surface area contributed by atoms with Gasteiger partial charge in [0.2, 0.25) is 5.91 Å². The van der Waals surface area contributed by atoms with Crippen LogP contribution in [-0.2, 0) is 36.6 Å². The van der Waals surface area contributed by atoms with Gasteiger partial charge in [-0.3, -0.25) is 19.3 Å².